The van der Waals surface area contributed by atoms with Crippen molar-refractivity contribution >= 4 is 11.3 Å². The van der Waals surface area contributed by atoms with E-state index in [1.807, 2.05) is 17.5 Å². The van der Waals surface area contributed by atoms with Crippen LogP contribution in [0.1, 0.15) is 50.5 Å². The summed E-state index contributed by atoms with van der Waals surface area (Å²) in [4.78, 5) is 4.49. The summed E-state index contributed by atoms with van der Waals surface area (Å²) < 4.78 is 0. The Labute approximate surface area is 90.6 Å². The molecule has 0 amide bonds. The Balaban J connectivity index is 2.14. The van der Waals surface area contributed by atoms with Gasteiger partial charge in [0.05, 0.1) is 5.01 Å². The molecule has 0 saturated heterocycles. The molecule has 1 aromatic heterocycles. The third-order valence-electron chi connectivity index (χ3n) is 3.44. The second kappa shape index (κ2) is 4.43. The van der Waals surface area contributed by atoms with Crippen LogP contribution in [0.15, 0.2) is 11.6 Å². The first kappa shape index (κ1) is 10.2. The van der Waals surface area contributed by atoms with Crippen LogP contribution in [0.25, 0.3) is 0 Å². The lowest BCUT2D eigenvalue weighted by atomic mass is 9.74. The molecule has 0 bridgehead atoms. The first-order valence-corrected chi connectivity index (χ1v) is 6.56. The largest absolute Gasteiger partial charge is 0.249 e. The Morgan fingerprint density at radius 3 is 2.79 bits per heavy atom. The molecule has 0 aromatic carbocycles. The number of thiazole rings is 1. The number of hydrogen-bond acceptors (Lipinski definition) is 2. The lowest BCUT2D eigenvalue weighted by Gasteiger charge is -2.33. The summed E-state index contributed by atoms with van der Waals surface area (Å²) in [7, 11) is 0. The van der Waals surface area contributed by atoms with Crippen molar-refractivity contribution in [3.05, 3.63) is 16.6 Å². The molecule has 1 nitrogen and oxygen atoms in total. The highest BCUT2D eigenvalue weighted by Gasteiger charge is 2.29. The van der Waals surface area contributed by atoms with E-state index < -0.39 is 0 Å². The Hall–Kier alpha value is -0.370. The van der Waals surface area contributed by atoms with Crippen molar-refractivity contribution < 1.29 is 0 Å². The van der Waals surface area contributed by atoms with Gasteiger partial charge in [-0.1, -0.05) is 26.7 Å². The van der Waals surface area contributed by atoms with Gasteiger partial charge in [0.2, 0.25) is 0 Å². The molecule has 2 rings (SSSR count). The van der Waals surface area contributed by atoms with Crippen molar-refractivity contribution in [1.82, 2.24) is 4.98 Å². The molecule has 0 N–H and O–H groups in total. The van der Waals surface area contributed by atoms with Crippen molar-refractivity contribution in [2.75, 3.05) is 0 Å². The summed E-state index contributed by atoms with van der Waals surface area (Å²) in [6.45, 7) is 4.72. The zero-order chi connectivity index (χ0) is 9.97. The minimum absolute atomic E-state index is 0.753. The van der Waals surface area contributed by atoms with Gasteiger partial charge in [0.15, 0.2) is 0 Å². The molecule has 1 aliphatic carbocycles. The Kier molecular flexibility index (Phi) is 3.22. The maximum atomic E-state index is 4.49. The Morgan fingerprint density at radius 2 is 2.14 bits per heavy atom. The predicted molar refractivity (Wildman–Crippen MR) is 61.7 cm³/mol. The molecule has 0 aliphatic heterocycles. The number of nitrogens with zero attached hydrogens (tertiary/aromatic N) is 1. The van der Waals surface area contributed by atoms with Crippen LogP contribution in [0.3, 0.4) is 0 Å². The molecular weight excluding hydrogens is 190 g/mol. The smallest absolute Gasteiger partial charge is 0.0958 e. The third-order valence-corrected chi connectivity index (χ3v) is 4.35. The second-order valence-corrected chi connectivity index (χ2v) is 5.60. The van der Waals surface area contributed by atoms with Gasteiger partial charge in [-0.05, 0) is 24.7 Å². The minimum atomic E-state index is 0.753. The van der Waals surface area contributed by atoms with Gasteiger partial charge in [-0.3, -0.25) is 0 Å². The van der Waals surface area contributed by atoms with Gasteiger partial charge in [0.1, 0.15) is 0 Å². The van der Waals surface area contributed by atoms with Crippen molar-refractivity contribution in [2.24, 2.45) is 11.8 Å². The quantitative estimate of drug-likeness (QED) is 0.715. The normalized spacial score (nSPS) is 28.2. The van der Waals surface area contributed by atoms with Gasteiger partial charge in [-0.15, -0.1) is 11.3 Å². The van der Waals surface area contributed by atoms with Crippen LogP contribution in [0.5, 0.6) is 0 Å². The summed E-state index contributed by atoms with van der Waals surface area (Å²) in [5.41, 5.74) is 0. The second-order valence-electron chi connectivity index (χ2n) is 4.67. The van der Waals surface area contributed by atoms with Crippen molar-refractivity contribution in [3.8, 4) is 0 Å². The maximum absolute atomic E-state index is 4.49. The lowest BCUT2D eigenvalue weighted by molar-refractivity contribution is 0.238. The van der Waals surface area contributed by atoms with E-state index in [1.165, 1.54) is 30.7 Å². The van der Waals surface area contributed by atoms with E-state index in [0.717, 1.165) is 17.8 Å². The number of rotatable bonds is 2. The topological polar surface area (TPSA) is 12.9 Å². The molecule has 0 radical (unpaired) electrons. The fraction of sp³-hybridized carbons (Fsp3) is 0.750. The molecule has 2 heteroatoms. The SMILES string of the molecule is CC(C)C1CCCCC1c1nccs1. The molecule has 1 heterocycles. The molecule has 1 saturated carbocycles. The highest BCUT2D eigenvalue weighted by atomic mass is 32.1. The maximum Gasteiger partial charge on any atom is 0.0958 e. The average Bonchev–Trinajstić information content (AvgIpc) is 2.70. The monoisotopic (exact) mass is 209 g/mol. The Bertz CT molecular complexity index is 266. The molecule has 0 spiro atoms. The highest BCUT2D eigenvalue weighted by molar-refractivity contribution is 7.09. The molecule has 78 valence electrons. The van der Waals surface area contributed by atoms with Gasteiger partial charge in [0, 0.05) is 17.5 Å². The fourth-order valence-corrected chi connectivity index (χ4v) is 3.53. The van der Waals surface area contributed by atoms with Gasteiger partial charge in [0.25, 0.3) is 0 Å². The molecule has 2 atom stereocenters. The van der Waals surface area contributed by atoms with E-state index >= 15 is 0 Å². The minimum Gasteiger partial charge on any atom is -0.249 e. The molecule has 1 aromatic rings. The number of aromatic nitrogens is 1. The van der Waals surface area contributed by atoms with Crippen LogP contribution in [-0.2, 0) is 0 Å². The van der Waals surface area contributed by atoms with Gasteiger partial charge in [-0.25, -0.2) is 4.98 Å². The van der Waals surface area contributed by atoms with Crippen LogP contribution in [-0.4, -0.2) is 4.98 Å². The summed E-state index contributed by atoms with van der Waals surface area (Å²) in [5.74, 6) is 2.43. The van der Waals surface area contributed by atoms with Crippen molar-refractivity contribution in [1.29, 1.82) is 0 Å². The van der Waals surface area contributed by atoms with E-state index in [0.29, 0.717) is 0 Å². The van der Waals surface area contributed by atoms with Crippen LogP contribution in [0, 0.1) is 11.8 Å². The molecule has 14 heavy (non-hydrogen) atoms. The van der Waals surface area contributed by atoms with E-state index in [-0.39, 0.29) is 0 Å². The number of hydrogen-bond donors (Lipinski definition) is 0. The molecule has 1 fully saturated rings. The van der Waals surface area contributed by atoms with Gasteiger partial charge < -0.3 is 0 Å². The van der Waals surface area contributed by atoms with Crippen LogP contribution in [0.2, 0.25) is 0 Å². The fourth-order valence-electron chi connectivity index (χ4n) is 2.68. The van der Waals surface area contributed by atoms with E-state index in [9.17, 15) is 0 Å². The van der Waals surface area contributed by atoms with E-state index in [4.69, 9.17) is 0 Å². The van der Waals surface area contributed by atoms with Gasteiger partial charge >= 0.3 is 0 Å². The zero-order valence-electron chi connectivity index (χ0n) is 9.07. The van der Waals surface area contributed by atoms with Crippen molar-refractivity contribution in [2.45, 2.75) is 45.4 Å². The third kappa shape index (κ3) is 2.00. The summed E-state index contributed by atoms with van der Waals surface area (Å²) in [5, 5.41) is 3.49. The van der Waals surface area contributed by atoms with Crippen LogP contribution in [0.4, 0.5) is 0 Å². The van der Waals surface area contributed by atoms with E-state index in [1.54, 1.807) is 0 Å². The van der Waals surface area contributed by atoms with Crippen LogP contribution >= 0.6 is 11.3 Å². The summed E-state index contributed by atoms with van der Waals surface area (Å²) in [6.07, 6.45) is 7.53. The molecule has 2 unspecified atom stereocenters. The highest BCUT2D eigenvalue weighted by Crippen LogP contribution is 2.42. The summed E-state index contributed by atoms with van der Waals surface area (Å²) >= 11 is 1.84. The first-order valence-electron chi connectivity index (χ1n) is 5.68. The van der Waals surface area contributed by atoms with Crippen molar-refractivity contribution in [3.63, 3.8) is 0 Å². The van der Waals surface area contributed by atoms with Crippen LogP contribution < -0.4 is 0 Å². The predicted octanol–water partition coefficient (Wildman–Crippen LogP) is 4.07. The van der Waals surface area contributed by atoms with E-state index in [2.05, 4.69) is 24.2 Å². The first-order chi connectivity index (χ1) is 6.79. The summed E-state index contributed by atoms with van der Waals surface area (Å²) in [6, 6.07) is 0. The Morgan fingerprint density at radius 1 is 1.36 bits per heavy atom. The molecule has 1 aliphatic rings. The average molecular weight is 209 g/mol. The van der Waals surface area contributed by atoms with Gasteiger partial charge in [-0.2, -0.15) is 0 Å². The lowest BCUT2D eigenvalue weighted by Crippen LogP contribution is -2.22. The molecular formula is C12H19NS. The zero-order valence-corrected chi connectivity index (χ0v) is 9.89. The standard InChI is InChI=1S/C12H19NS/c1-9(2)10-5-3-4-6-11(10)12-13-7-8-14-12/h7-11H,3-6H2,1-2H3.